The smallest absolute Gasteiger partial charge is 0.135 e. The zero-order valence-corrected chi connectivity index (χ0v) is 17.7. The van der Waals surface area contributed by atoms with E-state index in [1.54, 1.807) is 6.20 Å². The molecular weight excluding hydrogens is 404 g/mol. The Kier molecular flexibility index (Phi) is 6.86. The summed E-state index contributed by atoms with van der Waals surface area (Å²) in [6.45, 7) is 0. The van der Waals surface area contributed by atoms with Gasteiger partial charge < -0.3 is 12.4 Å². The average molecular weight is 424 g/mol. The number of rotatable bonds is 5. The topological polar surface area (TPSA) is 12.9 Å². The molecule has 1 heterocycles. The van der Waals surface area contributed by atoms with E-state index in [0.29, 0.717) is 5.15 Å². The van der Waals surface area contributed by atoms with Gasteiger partial charge in [-0.25, -0.2) is 4.98 Å². The molecule has 0 aliphatic carbocycles. The van der Waals surface area contributed by atoms with E-state index >= 15 is 0 Å². The van der Waals surface area contributed by atoms with Crippen molar-refractivity contribution >= 4 is 34.8 Å². The zero-order valence-electron chi connectivity index (χ0n) is 15.2. The Bertz CT molecular complexity index is 912. The van der Waals surface area contributed by atoms with Crippen LogP contribution in [-0.4, -0.2) is 4.98 Å². The molecule has 1 nitrogen and oxygen atoms in total. The van der Waals surface area contributed by atoms with Gasteiger partial charge in [0.05, 0.1) is 0 Å². The second kappa shape index (κ2) is 9.34. The summed E-state index contributed by atoms with van der Waals surface area (Å²) in [7, 11) is -1.93. The fourth-order valence-electron chi connectivity index (χ4n) is 3.56. The number of benzene rings is 3. The number of hydrogen-bond acceptors (Lipinski definition) is 1. The minimum absolute atomic E-state index is 0. The summed E-state index contributed by atoms with van der Waals surface area (Å²) in [6, 6.07) is 36.5. The van der Waals surface area contributed by atoms with E-state index in [-0.39, 0.29) is 12.4 Å². The normalized spacial score (nSPS) is 10.9. The number of aromatic nitrogens is 1. The zero-order chi connectivity index (χ0) is 18.5. The minimum atomic E-state index is -1.93. The van der Waals surface area contributed by atoms with Gasteiger partial charge in [-0.2, -0.15) is 0 Å². The molecule has 0 radical (unpaired) electrons. The van der Waals surface area contributed by atoms with Gasteiger partial charge in [0.2, 0.25) is 0 Å². The molecule has 0 amide bonds. The summed E-state index contributed by atoms with van der Waals surface area (Å²) in [5, 5.41) is 4.64. The van der Waals surface area contributed by atoms with Crippen molar-refractivity contribution in [3.05, 3.63) is 120 Å². The van der Waals surface area contributed by atoms with Crippen molar-refractivity contribution in [2.24, 2.45) is 0 Å². The van der Waals surface area contributed by atoms with Crippen molar-refractivity contribution < 1.29 is 12.4 Å². The monoisotopic (exact) mass is 423 g/mol. The Labute approximate surface area is 178 Å². The van der Waals surface area contributed by atoms with E-state index in [9.17, 15) is 0 Å². The van der Waals surface area contributed by atoms with Crippen molar-refractivity contribution in [1.82, 2.24) is 4.98 Å². The SMILES string of the molecule is Clc1ncccc1C[P+](c1ccccc1)(c1ccccc1)c1ccccc1.[Cl-]. The second-order valence-corrected chi connectivity index (χ2v) is 10.3. The first-order valence-corrected chi connectivity index (χ1v) is 11.3. The van der Waals surface area contributed by atoms with Crippen molar-refractivity contribution in [3.8, 4) is 0 Å². The molecule has 4 heteroatoms. The van der Waals surface area contributed by atoms with Crippen LogP contribution in [0.2, 0.25) is 5.15 Å². The van der Waals surface area contributed by atoms with E-state index in [0.717, 1.165) is 11.7 Å². The van der Waals surface area contributed by atoms with Gasteiger partial charge in [0.25, 0.3) is 0 Å². The molecule has 0 N–H and O–H groups in total. The van der Waals surface area contributed by atoms with E-state index in [1.165, 1.54) is 15.9 Å². The first-order chi connectivity index (χ1) is 13.3. The van der Waals surface area contributed by atoms with Gasteiger partial charge in [0.15, 0.2) is 0 Å². The van der Waals surface area contributed by atoms with Crippen molar-refractivity contribution in [2.45, 2.75) is 6.16 Å². The summed E-state index contributed by atoms with van der Waals surface area (Å²) < 4.78 is 0. The van der Waals surface area contributed by atoms with Gasteiger partial charge in [-0.3, -0.25) is 0 Å². The van der Waals surface area contributed by atoms with Crippen LogP contribution in [0, 0.1) is 0 Å². The molecule has 140 valence electrons. The first-order valence-electron chi connectivity index (χ1n) is 8.95. The maximum atomic E-state index is 6.50. The van der Waals surface area contributed by atoms with E-state index < -0.39 is 7.26 Å². The highest BCUT2D eigenvalue weighted by atomic mass is 35.5. The van der Waals surface area contributed by atoms with Gasteiger partial charge in [0.1, 0.15) is 34.5 Å². The third-order valence-corrected chi connectivity index (χ3v) is 9.53. The van der Waals surface area contributed by atoms with Crippen LogP contribution in [0.15, 0.2) is 109 Å². The molecule has 0 spiro atoms. The van der Waals surface area contributed by atoms with Crippen molar-refractivity contribution in [1.29, 1.82) is 0 Å². The second-order valence-electron chi connectivity index (χ2n) is 6.43. The van der Waals surface area contributed by atoms with Crippen LogP contribution in [0.4, 0.5) is 0 Å². The maximum Gasteiger partial charge on any atom is 0.135 e. The van der Waals surface area contributed by atoms with Crippen LogP contribution in [0.25, 0.3) is 0 Å². The lowest BCUT2D eigenvalue weighted by atomic mass is 10.3. The Morgan fingerprint density at radius 2 is 1.04 bits per heavy atom. The predicted octanol–water partition coefficient (Wildman–Crippen LogP) is 2.23. The van der Waals surface area contributed by atoms with E-state index in [1.807, 2.05) is 6.07 Å². The summed E-state index contributed by atoms with van der Waals surface area (Å²) in [5.41, 5.74) is 1.09. The molecule has 0 fully saturated rings. The van der Waals surface area contributed by atoms with Crippen LogP contribution in [0.1, 0.15) is 5.56 Å². The Morgan fingerprint density at radius 3 is 1.43 bits per heavy atom. The molecule has 0 saturated heterocycles. The largest absolute Gasteiger partial charge is 1.00 e. The van der Waals surface area contributed by atoms with Crippen LogP contribution < -0.4 is 28.3 Å². The van der Waals surface area contributed by atoms with Gasteiger partial charge >= 0.3 is 0 Å². The molecule has 4 rings (SSSR count). The Balaban J connectivity index is 0.00000225. The maximum absolute atomic E-state index is 6.50. The van der Waals surface area contributed by atoms with Gasteiger partial charge in [-0.15, -0.1) is 0 Å². The molecule has 4 aromatic rings. The minimum Gasteiger partial charge on any atom is -1.00 e. The fourth-order valence-corrected chi connectivity index (χ4v) is 8.09. The lowest BCUT2D eigenvalue weighted by Gasteiger charge is -2.28. The Hall–Kier alpha value is -2.18. The highest BCUT2D eigenvalue weighted by molar-refractivity contribution is 7.95. The third kappa shape index (κ3) is 3.98. The fraction of sp³-hybridized carbons (Fsp3) is 0.0417. The molecule has 0 bridgehead atoms. The molecular formula is C24H20Cl2NP. The molecule has 28 heavy (non-hydrogen) atoms. The van der Waals surface area contributed by atoms with Crippen LogP contribution in [-0.2, 0) is 6.16 Å². The highest BCUT2D eigenvalue weighted by Crippen LogP contribution is 2.58. The van der Waals surface area contributed by atoms with Crippen molar-refractivity contribution in [2.75, 3.05) is 0 Å². The molecule has 3 aromatic carbocycles. The summed E-state index contributed by atoms with van der Waals surface area (Å²) in [5.74, 6) is 0. The van der Waals surface area contributed by atoms with E-state index in [2.05, 4.69) is 102 Å². The van der Waals surface area contributed by atoms with Gasteiger partial charge in [0, 0.05) is 11.8 Å². The van der Waals surface area contributed by atoms with Crippen LogP contribution in [0.3, 0.4) is 0 Å². The summed E-state index contributed by atoms with van der Waals surface area (Å²) in [6.07, 6.45) is 2.59. The third-order valence-electron chi connectivity index (χ3n) is 4.83. The molecule has 0 aliphatic heterocycles. The molecule has 1 aromatic heterocycles. The van der Waals surface area contributed by atoms with Crippen molar-refractivity contribution in [3.63, 3.8) is 0 Å². The number of pyridine rings is 1. The molecule has 0 unspecified atom stereocenters. The number of hydrogen-bond donors (Lipinski definition) is 0. The molecule has 0 saturated carbocycles. The number of nitrogens with zero attached hydrogens (tertiary/aromatic N) is 1. The average Bonchev–Trinajstić information content (AvgIpc) is 2.75. The highest BCUT2D eigenvalue weighted by Gasteiger charge is 2.45. The standard InChI is InChI=1S/C24H20ClNP.ClH/c25-24-20(11-10-18-26-24)19-27(21-12-4-1-5-13-21,22-14-6-2-7-15-22)23-16-8-3-9-17-23;/h1-18H,19H2;1H/q+1;/p-1. The van der Waals surface area contributed by atoms with Gasteiger partial charge in [-0.1, -0.05) is 72.3 Å². The summed E-state index contributed by atoms with van der Waals surface area (Å²) >= 11 is 6.50. The van der Waals surface area contributed by atoms with E-state index in [4.69, 9.17) is 11.6 Å². The Morgan fingerprint density at radius 1 is 0.607 bits per heavy atom. The quantitative estimate of drug-likeness (QED) is 0.354. The first kappa shape index (κ1) is 20.6. The lowest BCUT2D eigenvalue weighted by molar-refractivity contribution is -0.00000521. The predicted molar refractivity (Wildman–Crippen MR) is 118 cm³/mol. The molecule has 0 atom stereocenters. The van der Waals surface area contributed by atoms with Gasteiger partial charge in [-0.05, 0) is 42.5 Å². The van der Waals surface area contributed by atoms with Crippen LogP contribution >= 0.6 is 18.9 Å². The summed E-state index contributed by atoms with van der Waals surface area (Å²) in [4.78, 5) is 4.33. The molecule has 0 aliphatic rings. The lowest BCUT2D eigenvalue weighted by Crippen LogP contribution is -3.00. The van der Waals surface area contributed by atoms with Crippen LogP contribution in [0.5, 0.6) is 0 Å². The number of halogens is 2.